The van der Waals surface area contributed by atoms with Crippen LogP contribution in [-0.2, 0) is 0 Å². The van der Waals surface area contributed by atoms with Crippen LogP contribution in [0.5, 0.6) is 0 Å². The third kappa shape index (κ3) is 2.04. The Morgan fingerprint density at radius 3 is 3.00 bits per heavy atom. The zero-order chi connectivity index (χ0) is 11.5. The summed E-state index contributed by atoms with van der Waals surface area (Å²) >= 11 is 1.79. The highest BCUT2D eigenvalue weighted by molar-refractivity contribution is 7.99. The van der Waals surface area contributed by atoms with Gasteiger partial charge in [-0.1, -0.05) is 0 Å². The number of hydrogen-bond acceptors (Lipinski definition) is 4. The number of rotatable bonds is 1. The summed E-state index contributed by atoms with van der Waals surface area (Å²) in [7, 11) is 0. The second-order valence-electron chi connectivity index (χ2n) is 3.69. The Balaban J connectivity index is 2.44. The zero-order valence-corrected chi connectivity index (χ0v) is 9.42. The van der Waals surface area contributed by atoms with E-state index >= 15 is 0 Å². The van der Waals surface area contributed by atoms with Crippen molar-refractivity contribution in [3.63, 3.8) is 0 Å². The smallest absolute Gasteiger partial charge is 0.295 e. The molecule has 5 nitrogen and oxygen atoms in total. The van der Waals surface area contributed by atoms with Crippen LogP contribution in [0.25, 0.3) is 0 Å². The van der Waals surface area contributed by atoms with Gasteiger partial charge in [0.05, 0.1) is 0 Å². The van der Waals surface area contributed by atoms with Crippen LogP contribution in [0, 0.1) is 11.3 Å². The third-order valence-electron chi connectivity index (χ3n) is 2.62. The first-order valence-electron chi connectivity index (χ1n) is 5.05. The van der Waals surface area contributed by atoms with Crippen molar-refractivity contribution in [2.45, 2.75) is 18.9 Å². The van der Waals surface area contributed by atoms with Crippen molar-refractivity contribution < 1.29 is 0 Å². The van der Waals surface area contributed by atoms with E-state index in [1.165, 1.54) is 10.8 Å². The Kier molecular flexibility index (Phi) is 3.15. The fourth-order valence-corrected chi connectivity index (χ4v) is 2.92. The minimum Gasteiger partial charge on any atom is -0.295 e. The number of hydrogen-bond donors (Lipinski definition) is 1. The molecule has 0 saturated carbocycles. The maximum Gasteiger partial charge on any atom is 0.328 e. The molecule has 84 valence electrons. The fourth-order valence-electron chi connectivity index (χ4n) is 1.78. The van der Waals surface area contributed by atoms with E-state index in [9.17, 15) is 9.59 Å². The minimum atomic E-state index is -0.604. The SMILES string of the molecule is N#Cc1cn(C2CCCSC2)c(=O)[nH]c1=O. The average molecular weight is 237 g/mol. The van der Waals surface area contributed by atoms with Gasteiger partial charge in [-0.05, 0) is 18.6 Å². The van der Waals surface area contributed by atoms with Crippen LogP contribution in [0.15, 0.2) is 15.8 Å². The van der Waals surface area contributed by atoms with E-state index < -0.39 is 11.2 Å². The van der Waals surface area contributed by atoms with Crippen molar-refractivity contribution >= 4 is 11.8 Å². The van der Waals surface area contributed by atoms with Crippen LogP contribution in [0.2, 0.25) is 0 Å². The molecule has 1 saturated heterocycles. The van der Waals surface area contributed by atoms with Gasteiger partial charge in [-0.2, -0.15) is 17.0 Å². The number of nitrogens with zero attached hydrogens (tertiary/aromatic N) is 2. The maximum atomic E-state index is 11.6. The fraction of sp³-hybridized carbons (Fsp3) is 0.500. The first-order valence-corrected chi connectivity index (χ1v) is 6.21. The van der Waals surface area contributed by atoms with Gasteiger partial charge in [0.15, 0.2) is 0 Å². The lowest BCUT2D eigenvalue weighted by Crippen LogP contribution is -2.35. The first-order chi connectivity index (χ1) is 7.72. The molecule has 1 aliphatic heterocycles. The Hall–Kier alpha value is -1.48. The molecule has 0 aromatic carbocycles. The summed E-state index contributed by atoms with van der Waals surface area (Å²) in [5, 5.41) is 8.74. The van der Waals surface area contributed by atoms with E-state index in [4.69, 9.17) is 5.26 Å². The van der Waals surface area contributed by atoms with E-state index in [0.717, 1.165) is 24.3 Å². The van der Waals surface area contributed by atoms with Crippen molar-refractivity contribution in [1.29, 1.82) is 5.26 Å². The largest absolute Gasteiger partial charge is 0.328 e. The zero-order valence-electron chi connectivity index (χ0n) is 8.60. The third-order valence-corrected chi connectivity index (χ3v) is 3.82. The maximum absolute atomic E-state index is 11.6. The molecule has 0 bridgehead atoms. The van der Waals surface area contributed by atoms with Gasteiger partial charge in [-0.15, -0.1) is 0 Å². The second kappa shape index (κ2) is 4.58. The van der Waals surface area contributed by atoms with Gasteiger partial charge in [-0.25, -0.2) is 4.79 Å². The van der Waals surface area contributed by atoms with Gasteiger partial charge in [0, 0.05) is 18.0 Å². The highest BCUT2D eigenvalue weighted by Gasteiger charge is 2.17. The lowest BCUT2D eigenvalue weighted by molar-refractivity contribution is 0.475. The van der Waals surface area contributed by atoms with Crippen molar-refractivity contribution in [3.8, 4) is 6.07 Å². The summed E-state index contributed by atoms with van der Waals surface area (Å²) in [5.41, 5.74) is -1.03. The minimum absolute atomic E-state index is 0.00447. The molecule has 16 heavy (non-hydrogen) atoms. The van der Waals surface area contributed by atoms with Crippen molar-refractivity contribution in [2.24, 2.45) is 0 Å². The molecule has 1 unspecified atom stereocenters. The molecule has 2 rings (SSSR count). The normalized spacial score (nSPS) is 20.3. The van der Waals surface area contributed by atoms with Crippen molar-refractivity contribution in [3.05, 3.63) is 32.6 Å². The van der Waals surface area contributed by atoms with Gasteiger partial charge in [-0.3, -0.25) is 14.3 Å². The van der Waals surface area contributed by atoms with Gasteiger partial charge in [0.2, 0.25) is 0 Å². The molecule has 0 spiro atoms. The molecule has 0 amide bonds. The number of thioether (sulfide) groups is 1. The van der Waals surface area contributed by atoms with Gasteiger partial charge >= 0.3 is 5.69 Å². The van der Waals surface area contributed by atoms with Gasteiger partial charge in [0.1, 0.15) is 11.6 Å². The van der Waals surface area contributed by atoms with E-state index in [-0.39, 0.29) is 11.6 Å². The summed E-state index contributed by atoms with van der Waals surface area (Å²) in [6, 6.07) is 1.88. The molecule has 6 heteroatoms. The van der Waals surface area contributed by atoms with Crippen molar-refractivity contribution in [2.75, 3.05) is 11.5 Å². The quantitative estimate of drug-likeness (QED) is 0.770. The monoisotopic (exact) mass is 237 g/mol. The number of aromatic nitrogens is 2. The lowest BCUT2D eigenvalue weighted by atomic mass is 10.2. The van der Waals surface area contributed by atoms with Crippen LogP contribution in [-0.4, -0.2) is 21.1 Å². The molecule has 1 aromatic heterocycles. The summed E-state index contributed by atoms with van der Waals surface area (Å²) in [6.07, 6.45) is 3.35. The number of nitriles is 1. The summed E-state index contributed by atoms with van der Waals surface area (Å²) in [6.45, 7) is 0. The topological polar surface area (TPSA) is 78.7 Å². The molecule has 1 aliphatic rings. The molecule has 2 heterocycles. The Morgan fingerprint density at radius 2 is 2.38 bits per heavy atom. The van der Waals surface area contributed by atoms with Crippen LogP contribution in [0.4, 0.5) is 0 Å². The lowest BCUT2D eigenvalue weighted by Gasteiger charge is -2.23. The summed E-state index contributed by atoms with van der Waals surface area (Å²) < 4.78 is 1.48. The second-order valence-corrected chi connectivity index (χ2v) is 4.84. The van der Waals surface area contributed by atoms with Crippen LogP contribution in [0.1, 0.15) is 24.4 Å². The molecule has 1 fully saturated rings. The first kappa shape index (κ1) is 11.0. The van der Waals surface area contributed by atoms with E-state index in [2.05, 4.69) is 4.98 Å². The Labute approximate surface area is 96.1 Å². The van der Waals surface area contributed by atoms with Gasteiger partial charge in [0.25, 0.3) is 5.56 Å². The Bertz CT molecular complexity index is 534. The number of nitrogens with one attached hydrogen (secondary N) is 1. The van der Waals surface area contributed by atoms with E-state index in [1.807, 2.05) is 0 Å². The molecule has 1 atom stereocenters. The molecule has 1 N–H and O–H groups in total. The average Bonchev–Trinajstić information content (AvgIpc) is 2.30. The standard InChI is InChI=1S/C10H11N3O2S/c11-4-7-5-13(10(15)12-9(7)14)8-2-1-3-16-6-8/h5,8H,1-3,6H2,(H,12,14,15). The van der Waals surface area contributed by atoms with E-state index in [0.29, 0.717) is 0 Å². The summed E-state index contributed by atoms with van der Waals surface area (Å²) in [5.74, 6) is 1.97. The molecule has 1 aromatic rings. The molecular weight excluding hydrogens is 226 g/mol. The summed E-state index contributed by atoms with van der Waals surface area (Å²) in [4.78, 5) is 25.0. The molecule has 0 radical (unpaired) electrons. The van der Waals surface area contributed by atoms with Crippen LogP contribution >= 0.6 is 11.8 Å². The van der Waals surface area contributed by atoms with Crippen LogP contribution in [0.3, 0.4) is 0 Å². The molecule has 0 aliphatic carbocycles. The van der Waals surface area contributed by atoms with Crippen molar-refractivity contribution in [1.82, 2.24) is 9.55 Å². The highest BCUT2D eigenvalue weighted by atomic mass is 32.2. The van der Waals surface area contributed by atoms with E-state index in [1.54, 1.807) is 17.8 Å². The van der Waals surface area contributed by atoms with Gasteiger partial charge < -0.3 is 0 Å². The molecular formula is C10H11N3O2S. The predicted molar refractivity (Wildman–Crippen MR) is 61.6 cm³/mol. The number of H-pyrrole nitrogens is 1. The highest BCUT2D eigenvalue weighted by Crippen LogP contribution is 2.25. The number of aromatic amines is 1. The predicted octanol–water partition coefficient (Wildman–Crippen LogP) is 0.476. The Morgan fingerprint density at radius 1 is 1.56 bits per heavy atom. The van der Waals surface area contributed by atoms with Crippen LogP contribution < -0.4 is 11.2 Å².